The van der Waals surface area contributed by atoms with E-state index in [1.165, 1.54) is 37.0 Å². The van der Waals surface area contributed by atoms with Crippen LogP contribution in [0.1, 0.15) is 57.1 Å². The molecule has 2 aliphatic heterocycles. The summed E-state index contributed by atoms with van der Waals surface area (Å²) in [6.07, 6.45) is 7.38. The van der Waals surface area contributed by atoms with Crippen molar-refractivity contribution < 1.29 is 4.74 Å². The van der Waals surface area contributed by atoms with Crippen LogP contribution in [-0.4, -0.2) is 25.4 Å². The molecule has 0 bridgehead atoms. The van der Waals surface area contributed by atoms with E-state index in [9.17, 15) is 0 Å². The largest absolute Gasteiger partial charge is 0.493 e. The lowest BCUT2D eigenvalue weighted by Gasteiger charge is -2.26. The molecule has 2 unspecified atom stereocenters. The van der Waals surface area contributed by atoms with Crippen molar-refractivity contribution >= 4 is 5.71 Å². The molecule has 2 aliphatic rings. The van der Waals surface area contributed by atoms with Gasteiger partial charge < -0.3 is 15.5 Å². The van der Waals surface area contributed by atoms with E-state index in [1.807, 2.05) is 0 Å². The summed E-state index contributed by atoms with van der Waals surface area (Å²) in [6.45, 7) is 5.10. The van der Waals surface area contributed by atoms with Crippen LogP contribution in [0.5, 0.6) is 5.75 Å². The lowest BCUT2D eigenvalue weighted by molar-refractivity contribution is 0.296. The quantitative estimate of drug-likeness (QED) is 0.720. The molecule has 0 radical (unpaired) electrons. The summed E-state index contributed by atoms with van der Waals surface area (Å²) in [4.78, 5) is 0. The average molecular weight is 315 g/mol. The predicted molar refractivity (Wildman–Crippen MR) is 95.0 cm³/mol. The number of hydrogen-bond acceptors (Lipinski definition) is 4. The summed E-state index contributed by atoms with van der Waals surface area (Å²) in [7, 11) is 0. The van der Waals surface area contributed by atoms with Gasteiger partial charge in [0.1, 0.15) is 5.75 Å². The Morgan fingerprint density at radius 3 is 2.96 bits per heavy atom. The summed E-state index contributed by atoms with van der Waals surface area (Å²) in [5.74, 6) is 1.47. The summed E-state index contributed by atoms with van der Waals surface area (Å²) >= 11 is 0. The third-order valence-corrected chi connectivity index (χ3v) is 4.86. The molecule has 126 valence electrons. The fourth-order valence-electron chi connectivity index (χ4n) is 3.51. The second-order valence-corrected chi connectivity index (χ2v) is 6.57. The van der Waals surface area contributed by atoms with Crippen LogP contribution in [0.4, 0.5) is 0 Å². The summed E-state index contributed by atoms with van der Waals surface area (Å²) in [5, 5.41) is 8.04. The van der Waals surface area contributed by atoms with Gasteiger partial charge in [0.25, 0.3) is 0 Å². The van der Waals surface area contributed by atoms with E-state index in [0.717, 1.165) is 38.3 Å². The van der Waals surface area contributed by atoms with E-state index in [1.54, 1.807) is 0 Å². The number of para-hydroxylation sites is 1. The molecule has 3 rings (SSSR count). The number of benzene rings is 1. The minimum absolute atomic E-state index is 0.245. The first-order chi connectivity index (χ1) is 11.4. The highest BCUT2D eigenvalue weighted by molar-refractivity contribution is 5.90. The molecule has 4 nitrogen and oxygen atoms in total. The highest BCUT2D eigenvalue weighted by Gasteiger charge is 2.35. The molecule has 0 spiro atoms. The maximum Gasteiger partial charge on any atom is 0.124 e. The van der Waals surface area contributed by atoms with Crippen molar-refractivity contribution in [1.29, 1.82) is 0 Å². The molecule has 1 aromatic rings. The third kappa shape index (κ3) is 4.05. The van der Waals surface area contributed by atoms with E-state index >= 15 is 0 Å². The molecule has 2 N–H and O–H groups in total. The molecule has 1 saturated heterocycles. The minimum Gasteiger partial charge on any atom is -0.493 e. The smallest absolute Gasteiger partial charge is 0.124 e. The summed E-state index contributed by atoms with van der Waals surface area (Å²) in [5.41, 5.74) is 5.89. The first-order valence-corrected chi connectivity index (χ1v) is 9.14. The molecule has 0 saturated carbocycles. The van der Waals surface area contributed by atoms with E-state index in [2.05, 4.69) is 47.0 Å². The fourth-order valence-corrected chi connectivity index (χ4v) is 3.51. The van der Waals surface area contributed by atoms with Crippen LogP contribution in [0.2, 0.25) is 0 Å². The standard InChI is InChI=1S/C19H29N3O/c1-2-3-4-5-8-13-23-18-10-7-6-9-15(18)19-16-14-20-12-11-17(16)21-22-19/h6-7,9-10,16,19-20,22H,2-5,8,11-14H2,1H3. The first-order valence-electron chi connectivity index (χ1n) is 9.14. The van der Waals surface area contributed by atoms with Gasteiger partial charge in [-0.05, 0) is 12.5 Å². The Morgan fingerprint density at radius 2 is 2.04 bits per heavy atom. The maximum atomic E-state index is 6.10. The van der Waals surface area contributed by atoms with Crippen LogP contribution >= 0.6 is 0 Å². The van der Waals surface area contributed by atoms with E-state index in [-0.39, 0.29) is 6.04 Å². The van der Waals surface area contributed by atoms with Crippen LogP contribution in [0.15, 0.2) is 29.4 Å². The molecule has 0 aromatic heterocycles. The molecule has 23 heavy (non-hydrogen) atoms. The number of ether oxygens (including phenoxy) is 1. The van der Waals surface area contributed by atoms with Gasteiger partial charge in [-0.15, -0.1) is 0 Å². The fraction of sp³-hybridized carbons (Fsp3) is 0.632. The predicted octanol–water partition coefficient (Wildman–Crippen LogP) is 3.65. The van der Waals surface area contributed by atoms with Gasteiger partial charge in [-0.3, -0.25) is 0 Å². The highest BCUT2D eigenvalue weighted by Crippen LogP contribution is 2.35. The molecule has 2 atom stereocenters. The number of nitrogens with one attached hydrogen (secondary N) is 2. The van der Waals surface area contributed by atoms with Gasteiger partial charge in [0.2, 0.25) is 0 Å². The molecule has 1 fully saturated rings. The van der Waals surface area contributed by atoms with Gasteiger partial charge in [-0.2, -0.15) is 5.10 Å². The van der Waals surface area contributed by atoms with E-state index in [4.69, 9.17) is 4.74 Å². The Hall–Kier alpha value is -1.55. The van der Waals surface area contributed by atoms with Crippen LogP contribution in [0.25, 0.3) is 0 Å². The third-order valence-electron chi connectivity index (χ3n) is 4.86. The highest BCUT2D eigenvalue weighted by atomic mass is 16.5. The number of fused-ring (bicyclic) bond motifs is 1. The van der Waals surface area contributed by atoms with Crippen LogP contribution < -0.4 is 15.5 Å². The lowest BCUT2D eigenvalue weighted by atomic mass is 9.87. The number of nitrogens with zero attached hydrogens (tertiary/aromatic N) is 1. The van der Waals surface area contributed by atoms with Gasteiger partial charge in [0.15, 0.2) is 0 Å². The Morgan fingerprint density at radius 1 is 1.17 bits per heavy atom. The Balaban J connectivity index is 1.58. The van der Waals surface area contributed by atoms with Gasteiger partial charge >= 0.3 is 0 Å². The zero-order valence-corrected chi connectivity index (χ0v) is 14.2. The number of hydrazone groups is 1. The molecule has 0 amide bonds. The molecule has 2 heterocycles. The van der Waals surface area contributed by atoms with Crippen molar-refractivity contribution in [2.75, 3.05) is 19.7 Å². The Kier molecular flexibility index (Phi) is 5.92. The second-order valence-electron chi connectivity index (χ2n) is 6.57. The van der Waals surface area contributed by atoms with E-state index in [0.29, 0.717) is 5.92 Å². The number of piperidine rings is 1. The van der Waals surface area contributed by atoms with Crippen molar-refractivity contribution in [3.8, 4) is 5.75 Å². The molecule has 1 aromatic carbocycles. The Labute approximate surface area is 139 Å². The molecular weight excluding hydrogens is 286 g/mol. The lowest BCUT2D eigenvalue weighted by Crippen LogP contribution is -2.38. The van der Waals surface area contributed by atoms with Crippen molar-refractivity contribution in [3.63, 3.8) is 0 Å². The van der Waals surface area contributed by atoms with Crippen molar-refractivity contribution in [3.05, 3.63) is 29.8 Å². The van der Waals surface area contributed by atoms with Crippen LogP contribution in [-0.2, 0) is 0 Å². The summed E-state index contributed by atoms with van der Waals surface area (Å²) < 4.78 is 6.10. The average Bonchev–Trinajstić information content (AvgIpc) is 3.02. The summed E-state index contributed by atoms with van der Waals surface area (Å²) in [6, 6.07) is 8.67. The van der Waals surface area contributed by atoms with Crippen molar-refractivity contribution in [2.24, 2.45) is 11.0 Å². The SMILES string of the molecule is CCCCCCCOc1ccccc1C1NN=C2CCNCC21. The van der Waals surface area contributed by atoms with E-state index < -0.39 is 0 Å². The van der Waals surface area contributed by atoms with Gasteiger partial charge in [0, 0.05) is 36.7 Å². The Bertz CT molecular complexity index is 529. The van der Waals surface area contributed by atoms with Crippen molar-refractivity contribution in [2.45, 2.75) is 51.5 Å². The maximum absolute atomic E-state index is 6.10. The minimum atomic E-state index is 0.245. The second kappa shape index (κ2) is 8.34. The molecule has 4 heteroatoms. The number of hydrogen-bond donors (Lipinski definition) is 2. The molecule has 0 aliphatic carbocycles. The number of unbranched alkanes of at least 4 members (excludes halogenated alkanes) is 4. The van der Waals surface area contributed by atoms with Crippen LogP contribution in [0.3, 0.4) is 0 Å². The first kappa shape index (κ1) is 16.3. The number of rotatable bonds is 8. The van der Waals surface area contributed by atoms with Crippen molar-refractivity contribution in [1.82, 2.24) is 10.7 Å². The van der Waals surface area contributed by atoms with Crippen LogP contribution in [0, 0.1) is 5.92 Å². The zero-order chi connectivity index (χ0) is 15.9. The van der Waals surface area contributed by atoms with Gasteiger partial charge in [-0.25, -0.2) is 0 Å². The zero-order valence-electron chi connectivity index (χ0n) is 14.2. The normalized spacial score (nSPS) is 23.1. The monoisotopic (exact) mass is 315 g/mol. The van der Waals surface area contributed by atoms with Gasteiger partial charge in [0.05, 0.1) is 12.6 Å². The van der Waals surface area contributed by atoms with Gasteiger partial charge in [-0.1, -0.05) is 50.8 Å². The molecular formula is C19H29N3O. The topological polar surface area (TPSA) is 45.6 Å².